The Morgan fingerprint density at radius 2 is 1.49 bits per heavy atom. The van der Waals surface area contributed by atoms with Crippen LogP contribution in [0.15, 0.2) is 109 Å². The van der Waals surface area contributed by atoms with Crippen LogP contribution in [-0.4, -0.2) is 46.9 Å². The van der Waals surface area contributed by atoms with Gasteiger partial charge in [-0.1, -0.05) is 91.6 Å². The molecule has 0 spiro atoms. The lowest BCUT2D eigenvalue weighted by Gasteiger charge is -2.34. The van der Waals surface area contributed by atoms with Crippen LogP contribution in [0.1, 0.15) is 53.1 Å². The van der Waals surface area contributed by atoms with Crippen LogP contribution in [0.25, 0.3) is 6.08 Å². The molecule has 1 fully saturated rings. The monoisotopic (exact) mass is 771 g/mol. The second kappa shape index (κ2) is 19.0. The molecule has 4 aromatic carbocycles. The number of hydrogen-bond donors (Lipinski definition) is 0. The molecule has 0 bridgehead atoms. The van der Waals surface area contributed by atoms with E-state index >= 15 is 0 Å². The molecule has 0 aliphatic carbocycles. The Balaban J connectivity index is 0.00000541. The first-order valence-electron chi connectivity index (χ1n) is 17.5. The molecule has 0 radical (unpaired) electrons. The van der Waals surface area contributed by atoms with Crippen LogP contribution in [-0.2, 0) is 24.6 Å². The van der Waals surface area contributed by atoms with E-state index in [1.807, 2.05) is 54.3 Å². The topological polar surface area (TPSA) is 64.1 Å². The van der Waals surface area contributed by atoms with E-state index < -0.39 is 0 Å². The fraction of sp³-hybridized carbons (Fsp3) is 0.256. The number of nitrogens with zero attached hydrogens (tertiary/aromatic N) is 3. The molecule has 53 heavy (non-hydrogen) atoms. The summed E-state index contributed by atoms with van der Waals surface area (Å²) in [6.07, 6.45) is 5.01. The first-order valence-corrected chi connectivity index (χ1v) is 18.3. The molecular formula is C43H44Cl3N3O4. The fourth-order valence-corrected chi connectivity index (χ4v) is 6.39. The largest absolute Gasteiger partial charge is 0.489 e. The number of carbonyl (C=O) groups excluding carboxylic acids is 1. The highest BCUT2D eigenvalue weighted by Gasteiger charge is 2.20. The number of carbonyl (C=O) groups is 1. The number of benzene rings is 4. The molecule has 1 saturated heterocycles. The van der Waals surface area contributed by atoms with Crippen LogP contribution >= 0.6 is 35.6 Å². The van der Waals surface area contributed by atoms with Gasteiger partial charge in [-0.25, -0.2) is 4.98 Å². The second-order valence-electron chi connectivity index (χ2n) is 13.2. The molecule has 2 heterocycles. The van der Waals surface area contributed by atoms with Gasteiger partial charge in [-0.3, -0.25) is 9.69 Å². The van der Waals surface area contributed by atoms with Crippen LogP contribution in [0.4, 0.5) is 0 Å². The van der Waals surface area contributed by atoms with E-state index in [4.69, 9.17) is 37.4 Å². The van der Waals surface area contributed by atoms with Crippen molar-refractivity contribution in [2.75, 3.05) is 26.2 Å². The number of amides is 1. The third kappa shape index (κ3) is 11.2. The zero-order valence-electron chi connectivity index (χ0n) is 30.1. The maximum atomic E-state index is 13.1. The van der Waals surface area contributed by atoms with Gasteiger partial charge in [0, 0.05) is 55.5 Å². The van der Waals surface area contributed by atoms with Gasteiger partial charge in [-0.15, -0.1) is 12.4 Å². The first-order chi connectivity index (χ1) is 25.2. The van der Waals surface area contributed by atoms with Gasteiger partial charge in [0.1, 0.15) is 24.7 Å². The number of rotatable bonds is 13. The van der Waals surface area contributed by atoms with Crippen molar-refractivity contribution in [1.82, 2.24) is 14.8 Å². The molecule has 6 rings (SSSR count). The summed E-state index contributed by atoms with van der Waals surface area (Å²) in [7, 11) is 0. The van der Waals surface area contributed by atoms with E-state index in [-0.39, 0.29) is 18.3 Å². The maximum Gasteiger partial charge on any atom is 0.246 e. The third-order valence-electron chi connectivity index (χ3n) is 9.00. The zero-order chi connectivity index (χ0) is 36.5. The number of halogens is 3. The Hall–Kier alpha value is -4.53. The molecule has 1 aliphatic rings. The minimum atomic E-state index is -0.0157. The van der Waals surface area contributed by atoms with Gasteiger partial charge in [0.15, 0.2) is 5.75 Å². The van der Waals surface area contributed by atoms with Crippen molar-refractivity contribution in [3.05, 3.63) is 153 Å². The van der Waals surface area contributed by atoms with Gasteiger partial charge in [-0.05, 0) is 83.1 Å². The van der Waals surface area contributed by atoms with Gasteiger partial charge in [0.05, 0.1) is 11.2 Å². The molecule has 0 N–H and O–H groups in total. The summed E-state index contributed by atoms with van der Waals surface area (Å²) in [5, 5.41) is 1.08. The number of hydrogen-bond acceptors (Lipinski definition) is 6. The minimum absolute atomic E-state index is 0. The van der Waals surface area contributed by atoms with E-state index in [1.54, 1.807) is 36.5 Å². The number of piperazine rings is 1. The Bertz CT molecular complexity index is 1950. The SMILES string of the molecule is Cc1cc(C=CC(=O)N2CCN(Cc3ccc(COc4ccc(C(C)C)cc4)cc3)CC2)cc(Cl)c1Oc1ccc(OCc2ccccc2Cl)cn1.Cl. The predicted octanol–water partition coefficient (Wildman–Crippen LogP) is 10.5. The Labute approximate surface area is 328 Å². The quantitative estimate of drug-likeness (QED) is 0.111. The number of pyridine rings is 1. The van der Waals surface area contributed by atoms with Crippen LogP contribution < -0.4 is 14.2 Å². The molecule has 7 nitrogen and oxygen atoms in total. The lowest BCUT2D eigenvalue weighted by Crippen LogP contribution is -2.47. The normalized spacial score (nSPS) is 13.2. The summed E-state index contributed by atoms with van der Waals surface area (Å²) >= 11 is 12.8. The molecule has 0 saturated carbocycles. The van der Waals surface area contributed by atoms with Crippen molar-refractivity contribution < 1.29 is 19.0 Å². The Kier molecular flexibility index (Phi) is 14.2. The maximum absolute atomic E-state index is 13.1. The van der Waals surface area contributed by atoms with E-state index in [2.05, 4.69) is 60.1 Å². The molecule has 0 atom stereocenters. The number of aromatic nitrogens is 1. The average Bonchev–Trinajstić information content (AvgIpc) is 3.15. The van der Waals surface area contributed by atoms with Crippen LogP contribution in [0.3, 0.4) is 0 Å². The van der Waals surface area contributed by atoms with E-state index in [9.17, 15) is 4.79 Å². The smallest absolute Gasteiger partial charge is 0.246 e. The lowest BCUT2D eigenvalue weighted by atomic mass is 10.0. The molecule has 0 unspecified atom stereocenters. The van der Waals surface area contributed by atoms with Crippen molar-refractivity contribution >= 4 is 47.6 Å². The second-order valence-corrected chi connectivity index (χ2v) is 14.0. The van der Waals surface area contributed by atoms with E-state index in [1.165, 1.54) is 11.1 Å². The van der Waals surface area contributed by atoms with Crippen molar-refractivity contribution in [3.8, 4) is 23.1 Å². The average molecular weight is 773 g/mol. The fourth-order valence-electron chi connectivity index (χ4n) is 5.89. The van der Waals surface area contributed by atoms with Crippen molar-refractivity contribution in [1.29, 1.82) is 0 Å². The number of aryl methyl sites for hydroxylation is 1. The molecule has 1 amide bonds. The molecule has 5 aromatic rings. The van der Waals surface area contributed by atoms with Crippen molar-refractivity contribution in [3.63, 3.8) is 0 Å². The summed E-state index contributed by atoms with van der Waals surface area (Å²) in [6, 6.07) is 31.7. The van der Waals surface area contributed by atoms with Crippen LogP contribution in [0.2, 0.25) is 10.0 Å². The van der Waals surface area contributed by atoms with E-state index in [0.717, 1.165) is 47.6 Å². The van der Waals surface area contributed by atoms with E-state index in [0.29, 0.717) is 59.6 Å². The summed E-state index contributed by atoms with van der Waals surface area (Å²) in [4.78, 5) is 21.7. The summed E-state index contributed by atoms with van der Waals surface area (Å²) < 4.78 is 17.8. The summed E-state index contributed by atoms with van der Waals surface area (Å²) in [6.45, 7) is 11.0. The highest BCUT2D eigenvalue weighted by Crippen LogP contribution is 2.34. The standard InChI is InChI=1S/C43H43Cl2N3O4.ClH/c1-30(2)35-13-15-37(16-14-35)50-28-33-10-8-32(9-11-33)27-47-20-22-48(23-21-47)42(49)19-12-34-24-31(3)43(40(45)25-34)52-41-18-17-38(26-46-41)51-29-36-6-4-5-7-39(36)44;/h4-19,24-26,30H,20-23,27-29H2,1-3H3;1H. The number of ether oxygens (including phenoxy) is 3. The van der Waals surface area contributed by atoms with Crippen LogP contribution in [0.5, 0.6) is 23.1 Å². The molecule has 1 aromatic heterocycles. The van der Waals surface area contributed by atoms with Gasteiger partial charge in [0.25, 0.3) is 0 Å². The van der Waals surface area contributed by atoms with Crippen molar-refractivity contribution in [2.24, 2.45) is 0 Å². The molecular weight excluding hydrogens is 729 g/mol. The molecule has 276 valence electrons. The van der Waals surface area contributed by atoms with Crippen LogP contribution in [0, 0.1) is 6.92 Å². The first kappa shape index (κ1) is 39.7. The van der Waals surface area contributed by atoms with Crippen molar-refractivity contribution in [2.45, 2.75) is 46.4 Å². The lowest BCUT2D eigenvalue weighted by molar-refractivity contribution is -0.127. The van der Waals surface area contributed by atoms with Gasteiger partial charge in [0.2, 0.25) is 11.8 Å². The van der Waals surface area contributed by atoms with Gasteiger partial charge >= 0.3 is 0 Å². The molecule has 10 heteroatoms. The zero-order valence-corrected chi connectivity index (χ0v) is 32.5. The predicted molar refractivity (Wildman–Crippen MR) is 216 cm³/mol. The minimum Gasteiger partial charge on any atom is -0.489 e. The third-order valence-corrected chi connectivity index (χ3v) is 9.65. The summed E-state index contributed by atoms with van der Waals surface area (Å²) in [5.74, 6) is 2.86. The Morgan fingerprint density at radius 3 is 2.15 bits per heavy atom. The Morgan fingerprint density at radius 1 is 0.811 bits per heavy atom. The van der Waals surface area contributed by atoms with Gasteiger partial charge in [-0.2, -0.15) is 0 Å². The summed E-state index contributed by atoms with van der Waals surface area (Å²) in [5.41, 5.74) is 6.22. The highest BCUT2D eigenvalue weighted by molar-refractivity contribution is 6.32. The highest BCUT2D eigenvalue weighted by atomic mass is 35.5. The van der Waals surface area contributed by atoms with Gasteiger partial charge < -0.3 is 19.1 Å². The molecule has 1 aliphatic heterocycles.